The Morgan fingerprint density at radius 2 is 1.76 bits per heavy atom. The average Bonchev–Trinajstić information content (AvgIpc) is 2.38. The van der Waals surface area contributed by atoms with Crippen LogP contribution in [0.3, 0.4) is 0 Å². The average molecular weight is 288 g/mol. The van der Waals surface area contributed by atoms with Crippen LogP contribution in [0.15, 0.2) is 35.1 Å². The van der Waals surface area contributed by atoms with E-state index in [4.69, 9.17) is 10.8 Å². The van der Waals surface area contributed by atoms with Crippen molar-refractivity contribution in [3.05, 3.63) is 57.4 Å². The van der Waals surface area contributed by atoms with Crippen LogP contribution in [0, 0.1) is 6.92 Å². The molecule has 0 atom stereocenters. The maximum atomic E-state index is 12.0. The summed E-state index contributed by atoms with van der Waals surface area (Å²) in [6.07, 6.45) is 0. The summed E-state index contributed by atoms with van der Waals surface area (Å²) in [5, 5.41) is 18.9. The maximum Gasteiger partial charge on any atom is 0.335 e. The lowest BCUT2D eigenvalue weighted by atomic mass is 10.1. The van der Waals surface area contributed by atoms with Crippen molar-refractivity contribution in [2.24, 2.45) is 5.73 Å². The molecule has 0 aliphatic rings. The number of carbonyl (C=O) groups excluding carboxylic acids is 1. The lowest BCUT2D eigenvalue weighted by molar-refractivity contribution is 0.0696. The van der Waals surface area contributed by atoms with Crippen LogP contribution in [0.1, 0.15) is 26.3 Å². The number of amides is 1. The lowest BCUT2D eigenvalue weighted by Crippen LogP contribution is -2.23. The number of nitrogens with zero attached hydrogens (tertiary/aromatic N) is 1. The molecular weight excluding hydrogens is 276 g/mol. The monoisotopic (exact) mass is 288 g/mol. The van der Waals surface area contributed by atoms with Gasteiger partial charge < -0.3 is 15.9 Å². The number of primary amides is 1. The Kier molecular flexibility index (Phi) is 3.49. The van der Waals surface area contributed by atoms with Crippen LogP contribution in [-0.4, -0.2) is 26.7 Å². The highest BCUT2D eigenvalue weighted by molar-refractivity contribution is 5.96. The number of carboxylic acid groups (broad SMARTS) is 1. The van der Waals surface area contributed by atoms with E-state index in [1.807, 2.05) is 0 Å². The van der Waals surface area contributed by atoms with Gasteiger partial charge in [0.1, 0.15) is 5.56 Å². The summed E-state index contributed by atoms with van der Waals surface area (Å²) in [5.41, 5.74) is 5.00. The SMILES string of the molecule is Cc1cc(=O)n(-c2ccc(C(=O)O)cc2)c(O)c1C(N)=O. The first kappa shape index (κ1) is 14.3. The molecule has 0 radical (unpaired) electrons. The first-order valence-electron chi connectivity index (χ1n) is 5.92. The molecule has 2 aromatic rings. The van der Waals surface area contributed by atoms with Crippen LogP contribution in [0.2, 0.25) is 0 Å². The number of hydrogen-bond donors (Lipinski definition) is 3. The number of aromatic hydroxyl groups is 1. The molecule has 108 valence electrons. The van der Waals surface area contributed by atoms with Crippen molar-refractivity contribution >= 4 is 11.9 Å². The van der Waals surface area contributed by atoms with Gasteiger partial charge in [-0.1, -0.05) is 0 Å². The van der Waals surface area contributed by atoms with Gasteiger partial charge in [-0.05, 0) is 36.8 Å². The smallest absolute Gasteiger partial charge is 0.335 e. The molecule has 0 aliphatic carbocycles. The van der Waals surface area contributed by atoms with Crippen LogP contribution in [0.4, 0.5) is 0 Å². The van der Waals surface area contributed by atoms with Crippen molar-refractivity contribution in [1.82, 2.24) is 4.57 Å². The number of carboxylic acids is 1. The molecule has 0 aliphatic heterocycles. The van der Waals surface area contributed by atoms with Crippen LogP contribution < -0.4 is 11.3 Å². The molecule has 1 amide bonds. The summed E-state index contributed by atoms with van der Waals surface area (Å²) < 4.78 is 0.888. The second-order valence-corrected chi connectivity index (χ2v) is 4.42. The molecule has 1 heterocycles. The van der Waals surface area contributed by atoms with E-state index in [1.54, 1.807) is 0 Å². The van der Waals surface area contributed by atoms with Crippen LogP contribution in [-0.2, 0) is 0 Å². The Morgan fingerprint density at radius 1 is 1.19 bits per heavy atom. The molecule has 7 heteroatoms. The van der Waals surface area contributed by atoms with Gasteiger partial charge in [0.2, 0.25) is 5.88 Å². The van der Waals surface area contributed by atoms with E-state index < -0.39 is 23.3 Å². The first-order chi connectivity index (χ1) is 9.82. The number of hydrogen-bond acceptors (Lipinski definition) is 4. The van der Waals surface area contributed by atoms with E-state index in [2.05, 4.69) is 0 Å². The molecule has 1 aromatic carbocycles. The zero-order valence-corrected chi connectivity index (χ0v) is 11.0. The van der Waals surface area contributed by atoms with Crippen molar-refractivity contribution in [3.63, 3.8) is 0 Å². The second-order valence-electron chi connectivity index (χ2n) is 4.42. The lowest BCUT2D eigenvalue weighted by Gasteiger charge is -2.12. The van der Waals surface area contributed by atoms with Crippen molar-refractivity contribution in [3.8, 4) is 11.6 Å². The van der Waals surface area contributed by atoms with E-state index >= 15 is 0 Å². The number of aryl methyl sites for hydroxylation is 1. The van der Waals surface area contributed by atoms with Crippen molar-refractivity contribution in [2.75, 3.05) is 0 Å². The maximum absolute atomic E-state index is 12.0. The van der Waals surface area contributed by atoms with E-state index in [0.29, 0.717) is 0 Å². The molecule has 0 fully saturated rings. The zero-order chi connectivity index (χ0) is 15.7. The minimum Gasteiger partial charge on any atom is -0.494 e. The van der Waals surface area contributed by atoms with Gasteiger partial charge in [-0.25, -0.2) is 9.36 Å². The highest BCUT2D eigenvalue weighted by atomic mass is 16.4. The third-order valence-electron chi connectivity index (χ3n) is 3.01. The molecular formula is C14H12N2O5. The summed E-state index contributed by atoms with van der Waals surface area (Å²) >= 11 is 0. The summed E-state index contributed by atoms with van der Waals surface area (Å²) in [6, 6.07) is 6.45. The predicted octanol–water partition coefficient (Wildman–Crippen LogP) is 0.649. The predicted molar refractivity (Wildman–Crippen MR) is 73.9 cm³/mol. The van der Waals surface area contributed by atoms with Crippen molar-refractivity contribution in [1.29, 1.82) is 0 Å². The fourth-order valence-electron chi connectivity index (χ4n) is 2.02. The Labute approximate surface area is 118 Å². The number of pyridine rings is 1. The molecule has 0 spiro atoms. The molecule has 21 heavy (non-hydrogen) atoms. The number of rotatable bonds is 3. The molecule has 7 nitrogen and oxygen atoms in total. The van der Waals surface area contributed by atoms with E-state index in [9.17, 15) is 19.5 Å². The highest BCUT2D eigenvalue weighted by Gasteiger charge is 2.18. The normalized spacial score (nSPS) is 10.3. The molecule has 4 N–H and O–H groups in total. The van der Waals surface area contributed by atoms with Gasteiger partial charge in [-0.15, -0.1) is 0 Å². The minimum atomic E-state index is -1.11. The second kappa shape index (κ2) is 5.12. The van der Waals surface area contributed by atoms with Gasteiger partial charge in [0, 0.05) is 6.07 Å². The Balaban J connectivity index is 2.69. The molecule has 1 aromatic heterocycles. The zero-order valence-electron chi connectivity index (χ0n) is 11.0. The van der Waals surface area contributed by atoms with Crippen LogP contribution >= 0.6 is 0 Å². The fraction of sp³-hybridized carbons (Fsp3) is 0.0714. The topological polar surface area (TPSA) is 123 Å². The van der Waals surface area contributed by atoms with Gasteiger partial charge >= 0.3 is 5.97 Å². The number of aromatic nitrogens is 1. The van der Waals surface area contributed by atoms with Gasteiger partial charge in [0.25, 0.3) is 11.5 Å². The number of benzene rings is 1. The minimum absolute atomic E-state index is 0.0357. The third kappa shape index (κ3) is 2.48. The summed E-state index contributed by atoms with van der Waals surface area (Å²) in [4.78, 5) is 34.1. The molecule has 0 bridgehead atoms. The molecule has 0 unspecified atom stereocenters. The summed E-state index contributed by atoms with van der Waals surface area (Å²) in [5.74, 6) is -2.55. The fourth-order valence-corrected chi connectivity index (χ4v) is 2.02. The van der Waals surface area contributed by atoms with E-state index in [0.717, 1.165) is 4.57 Å². The molecule has 0 saturated carbocycles. The summed E-state index contributed by atoms with van der Waals surface area (Å²) in [6.45, 7) is 1.49. The third-order valence-corrected chi connectivity index (χ3v) is 3.01. The van der Waals surface area contributed by atoms with Crippen LogP contribution in [0.5, 0.6) is 5.88 Å². The number of carbonyl (C=O) groups is 2. The Morgan fingerprint density at radius 3 is 2.24 bits per heavy atom. The Hall–Kier alpha value is -3.09. The molecule has 0 saturated heterocycles. The quantitative estimate of drug-likeness (QED) is 0.765. The van der Waals surface area contributed by atoms with Crippen molar-refractivity contribution < 1.29 is 19.8 Å². The van der Waals surface area contributed by atoms with Gasteiger partial charge in [-0.2, -0.15) is 0 Å². The summed E-state index contributed by atoms with van der Waals surface area (Å²) in [7, 11) is 0. The number of aromatic carboxylic acids is 1. The standard InChI is InChI=1S/C14H12N2O5/c1-7-6-10(17)16(13(19)11(7)12(15)18)9-4-2-8(3-5-9)14(20)21/h2-6,19H,1H3,(H2,15,18)(H,20,21). The Bertz CT molecular complexity index is 790. The number of nitrogens with two attached hydrogens (primary N) is 1. The largest absolute Gasteiger partial charge is 0.494 e. The first-order valence-corrected chi connectivity index (χ1v) is 5.92. The highest BCUT2D eigenvalue weighted by Crippen LogP contribution is 2.22. The van der Waals surface area contributed by atoms with E-state index in [-0.39, 0.29) is 22.4 Å². The molecule has 2 rings (SSSR count). The van der Waals surface area contributed by atoms with E-state index in [1.165, 1.54) is 37.3 Å². The van der Waals surface area contributed by atoms with Crippen molar-refractivity contribution in [2.45, 2.75) is 6.92 Å². The van der Waals surface area contributed by atoms with Gasteiger partial charge in [-0.3, -0.25) is 9.59 Å². The van der Waals surface area contributed by atoms with Crippen LogP contribution in [0.25, 0.3) is 5.69 Å². The van der Waals surface area contributed by atoms with Gasteiger partial charge in [0.05, 0.1) is 11.3 Å². The van der Waals surface area contributed by atoms with Gasteiger partial charge in [0.15, 0.2) is 0 Å².